The number of benzene rings is 1. The number of carbonyl (C=O) groups excluding carboxylic acids is 2. The van der Waals surface area contributed by atoms with Crippen LogP contribution in [-0.4, -0.2) is 31.3 Å². The summed E-state index contributed by atoms with van der Waals surface area (Å²) in [7, 11) is 0. The highest BCUT2D eigenvalue weighted by Crippen LogP contribution is 2.28. The molecule has 124 valence electrons. The summed E-state index contributed by atoms with van der Waals surface area (Å²) in [5.74, 6) is -0.0426. The molecule has 2 rings (SSSR count). The highest BCUT2D eigenvalue weighted by Gasteiger charge is 2.30. The molecule has 1 heterocycles. The summed E-state index contributed by atoms with van der Waals surface area (Å²) < 4.78 is 11.5. The first-order valence-corrected chi connectivity index (χ1v) is 8.15. The van der Waals surface area contributed by atoms with Crippen LogP contribution in [0.2, 0.25) is 5.02 Å². The second kappa shape index (κ2) is 7.70. The summed E-state index contributed by atoms with van der Waals surface area (Å²) >= 11 is 9.40. The first-order chi connectivity index (χ1) is 10.9. The number of esters is 1. The second-order valence-corrected chi connectivity index (χ2v) is 6.12. The van der Waals surface area contributed by atoms with Gasteiger partial charge in [-0.25, -0.2) is 9.59 Å². The molecule has 23 heavy (non-hydrogen) atoms. The molecule has 1 aliphatic rings. The summed E-state index contributed by atoms with van der Waals surface area (Å²) in [5.41, 5.74) is 0.693. The fourth-order valence-corrected chi connectivity index (χ4v) is 2.86. The van der Waals surface area contributed by atoms with Crippen LogP contribution in [0.25, 0.3) is 0 Å². The molecule has 2 N–H and O–H groups in total. The third-order valence-electron chi connectivity index (χ3n) is 3.13. The van der Waals surface area contributed by atoms with Crippen molar-refractivity contribution < 1.29 is 19.1 Å². The van der Waals surface area contributed by atoms with E-state index in [4.69, 9.17) is 21.1 Å². The fraction of sp³-hybridized carbons (Fsp3) is 0.333. The molecule has 0 saturated carbocycles. The lowest BCUT2D eigenvalue weighted by Crippen LogP contribution is -2.50. The van der Waals surface area contributed by atoms with Crippen molar-refractivity contribution in [2.45, 2.75) is 19.9 Å². The zero-order valence-corrected chi connectivity index (χ0v) is 15.0. The van der Waals surface area contributed by atoms with Crippen LogP contribution < -0.4 is 15.4 Å². The van der Waals surface area contributed by atoms with Crippen molar-refractivity contribution in [1.29, 1.82) is 0 Å². The number of ether oxygens (including phenoxy) is 2. The summed E-state index contributed by atoms with van der Waals surface area (Å²) in [5, 5.41) is 5.63. The van der Waals surface area contributed by atoms with Crippen LogP contribution in [0.3, 0.4) is 0 Å². The Morgan fingerprint density at radius 3 is 2.83 bits per heavy atom. The monoisotopic (exact) mass is 402 g/mol. The van der Waals surface area contributed by atoms with Crippen LogP contribution in [0.5, 0.6) is 5.75 Å². The highest BCUT2D eigenvalue weighted by atomic mass is 79.9. The first-order valence-electron chi connectivity index (χ1n) is 6.98. The molecule has 8 heteroatoms. The maximum absolute atomic E-state index is 12.1. The number of hydrogen-bond donors (Lipinski definition) is 2. The Labute approximate surface area is 147 Å². The van der Waals surface area contributed by atoms with Gasteiger partial charge in [0.1, 0.15) is 12.4 Å². The SMILES string of the molecule is CCOC(=O)C1=C(COc2ccc(Br)cc2Cl)NC(=O)NC1C. The molecule has 6 nitrogen and oxygen atoms in total. The number of halogens is 2. The van der Waals surface area contributed by atoms with E-state index in [0.29, 0.717) is 22.0 Å². The predicted molar refractivity (Wildman–Crippen MR) is 89.4 cm³/mol. The van der Waals surface area contributed by atoms with E-state index in [1.54, 1.807) is 32.0 Å². The fourth-order valence-electron chi connectivity index (χ4n) is 2.14. The van der Waals surface area contributed by atoms with Gasteiger partial charge in [0.2, 0.25) is 0 Å². The van der Waals surface area contributed by atoms with E-state index in [2.05, 4.69) is 26.6 Å². The number of urea groups is 1. The largest absolute Gasteiger partial charge is 0.486 e. The molecule has 0 bridgehead atoms. The molecule has 1 aliphatic heterocycles. The normalized spacial score (nSPS) is 17.4. The van der Waals surface area contributed by atoms with E-state index in [9.17, 15) is 9.59 Å². The van der Waals surface area contributed by atoms with E-state index < -0.39 is 18.0 Å². The van der Waals surface area contributed by atoms with Crippen LogP contribution in [0.4, 0.5) is 4.79 Å². The molecule has 1 aromatic carbocycles. The Hall–Kier alpha value is -1.73. The zero-order chi connectivity index (χ0) is 17.0. The minimum absolute atomic E-state index is 0.00669. The van der Waals surface area contributed by atoms with Crippen LogP contribution >= 0.6 is 27.5 Å². The number of carbonyl (C=O) groups is 2. The van der Waals surface area contributed by atoms with Gasteiger partial charge in [0.25, 0.3) is 0 Å². The average Bonchev–Trinajstić information content (AvgIpc) is 2.45. The molecular formula is C15H16BrClN2O4. The number of nitrogens with one attached hydrogen (secondary N) is 2. The first kappa shape index (κ1) is 17.6. The topological polar surface area (TPSA) is 76.7 Å². The molecule has 0 radical (unpaired) electrons. The van der Waals surface area contributed by atoms with Gasteiger partial charge in [0, 0.05) is 4.47 Å². The molecule has 0 spiro atoms. The standard InChI is InChI=1S/C15H16BrClN2O4/c1-3-22-14(20)13-8(2)18-15(21)19-11(13)7-23-12-5-4-9(16)6-10(12)17/h4-6,8H,3,7H2,1-2H3,(H2,18,19,21). The van der Waals surface area contributed by atoms with Gasteiger partial charge in [-0.1, -0.05) is 27.5 Å². The third-order valence-corrected chi connectivity index (χ3v) is 3.92. The average molecular weight is 404 g/mol. The van der Waals surface area contributed by atoms with E-state index in [-0.39, 0.29) is 13.2 Å². The van der Waals surface area contributed by atoms with E-state index in [1.807, 2.05) is 0 Å². The number of rotatable bonds is 5. The van der Waals surface area contributed by atoms with Crippen molar-refractivity contribution in [3.63, 3.8) is 0 Å². The van der Waals surface area contributed by atoms with Gasteiger partial charge >= 0.3 is 12.0 Å². The van der Waals surface area contributed by atoms with Gasteiger partial charge in [0.15, 0.2) is 0 Å². The minimum Gasteiger partial charge on any atom is -0.486 e. The Balaban J connectivity index is 2.23. The van der Waals surface area contributed by atoms with Crippen molar-refractivity contribution in [3.8, 4) is 5.75 Å². The van der Waals surface area contributed by atoms with E-state index >= 15 is 0 Å². The summed E-state index contributed by atoms with van der Waals surface area (Å²) in [4.78, 5) is 23.7. The smallest absolute Gasteiger partial charge is 0.338 e. The molecule has 1 aromatic rings. The molecule has 0 saturated heterocycles. The van der Waals surface area contributed by atoms with Crippen LogP contribution in [0.1, 0.15) is 13.8 Å². The van der Waals surface area contributed by atoms with Gasteiger partial charge in [-0.15, -0.1) is 0 Å². The summed E-state index contributed by atoms with van der Waals surface area (Å²) in [6.07, 6.45) is 0. The minimum atomic E-state index is -0.493. The molecule has 1 unspecified atom stereocenters. The van der Waals surface area contributed by atoms with Crippen LogP contribution in [-0.2, 0) is 9.53 Å². The zero-order valence-electron chi connectivity index (χ0n) is 12.6. The molecule has 0 aliphatic carbocycles. The molecule has 1 atom stereocenters. The van der Waals surface area contributed by atoms with Crippen molar-refractivity contribution in [1.82, 2.24) is 10.6 Å². The van der Waals surface area contributed by atoms with E-state index in [1.165, 1.54) is 0 Å². The quantitative estimate of drug-likeness (QED) is 0.741. The van der Waals surface area contributed by atoms with Crippen molar-refractivity contribution in [3.05, 3.63) is 39.0 Å². The maximum Gasteiger partial charge on any atom is 0.338 e. The summed E-state index contributed by atoms with van der Waals surface area (Å²) in [6.45, 7) is 3.66. The Morgan fingerprint density at radius 1 is 1.43 bits per heavy atom. The Bertz CT molecular complexity index is 663. The van der Waals surface area contributed by atoms with Gasteiger partial charge in [-0.3, -0.25) is 0 Å². The lowest BCUT2D eigenvalue weighted by molar-refractivity contribution is -0.139. The molecular weight excluding hydrogens is 388 g/mol. The van der Waals surface area contributed by atoms with Gasteiger partial charge in [0.05, 0.1) is 28.9 Å². The van der Waals surface area contributed by atoms with Crippen LogP contribution in [0, 0.1) is 0 Å². The lowest BCUT2D eigenvalue weighted by atomic mass is 10.0. The van der Waals surface area contributed by atoms with Gasteiger partial charge in [-0.05, 0) is 32.0 Å². The number of hydrogen-bond acceptors (Lipinski definition) is 4. The van der Waals surface area contributed by atoms with Crippen molar-refractivity contribution in [2.24, 2.45) is 0 Å². The van der Waals surface area contributed by atoms with Gasteiger partial charge in [-0.2, -0.15) is 0 Å². The van der Waals surface area contributed by atoms with E-state index in [0.717, 1.165) is 4.47 Å². The molecule has 0 aromatic heterocycles. The molecule has 2 amide bonds. The van der Waals surface area contributed by atoms with Crippen LogP contribution in [0.15, 0.2) is 33.9 Å². The maximum atomic E-state index is 12.1. The lowest BCUT2D eigenvalue weighted by Gasteiger charge is -2.26. The predicted octanol–water partition coefficient (Wildman–Crippen LogP) is 3.00. The van der Waals surface area contributed by atoms with Gasteiger partial charge < -0.3 is 20.1 Å². The Morgan fingerprint density at radius 2 is 2.17 bits per heavy atom. The van der Waals surface area contributed by atoms with Crippen molar-refractivity contribution >= 4 is 39.5 Å². The molecule has 0 fully saturated rings. The van der Waals surface area contributed by atoms with Crippen molar-refractivity contribution in [2.75, 3.05) is 13.2 Å². The number of amides is 2. The second-order valence-electron chi connectivity index (χ2n) is 4.80. The Kier molecular flexibility index (Phi) is 5.90. The summed E-state index contributed by atoms with van der Waals surface area (Å²) in [6, 6.07) is 4.31. The highest BCUT2D eigenvalue weighted by molar-refractivity contribution is 9.10. The third kappa shape index (κ3) is 4.39.